The van der Waals surface area contributed by atoms with E-state index in [1.54, 1.807) is 30.3 Å². The van der Waals surface area contributed by atoms with Crippen LogP contribution in [0.25, 0.3) is 0 Å². The van der Waals surface area contributed by atoms with Crippen LogP contribution in [0.5, 0.6) is 0 Å². The number of benzene rings is 2. The maximum Gasteiger partial charge on any atom is 0.335 e. The van der Waals surface area contributed by atoms with Gasteiger partial charge in [-0.1, -0.05) is 46.3 Å². The van der Waals surface area contributed by atoms with Crippen molar-refractivity contribution in [3.05, 3.63) is 64.1 Å². The number of sulfonamides is 1. The third-order valence-electron chi connectivity index (χ3n) is 2.62. The molecule has 0 aromatic heterocycles. The van der Waals surface area contributed by atoms with E-state index in [2.05, 4.69) is 20.7 Å². The van der Waals surface area contributed by atoms with Crippen molar-refractivity contribution in [2.75, 3.05) is 4.72 Å². The Hall–Kier alpha value is -1.86. The van der Waals surface area contributed by atoms with E-state index in [1.807, 2.05) is 0 Å². The van der Waals surface area contributed by atoms with Gasteiger partial charge in [0.2, 0.25) is 10.0 Å². The molecule has 0 atom stereocenters. The summed E-state index contributed by atoms with van der Waals surface area (Å²) in [7, 11) is -3.61. The molecule has 0 aliphatic rings. The average Bonchev–Trinajstić information content (AvgIpc) is 2.37. The molecule has 5 nitrogen and oxygen atoms in total. The summed E-state index contributed by atoms with van der Waals surface area (Å²) < 4.78 is 27.0. The number of carboxylic acids is 1. The van der Waals surface area contributed by atoms with Crippen LogP contribution in [0.15, 0.2) is 53.0 Å². The number of rotatable bonds is 5. The van der Waals surface area contributed by atoms with Crippen molar-refractivity contribution in [1.82, 2.24) is 0 Å². The van der Waals surface area contributed by atoms with Gasteiger partial charge in [-0.2, -0.15) is 0 Å². The molecule has 0 fully saturated rings. The number of halogens is 1. The predicted molar refractivity (Wildman–Crippen MR) is 83.8 cm³/mol. The second kappa shape index (κ2) is 6.28. The summed E-state index contributed by atoms with van der Waals surface area (Å²) in [4.78, 5) is 11.0. The van der Waals surface area contributed by atoms with Gasteiger partial charge in [-0.3, -0.25) is 4.72 Å². The minimum Gasteiger partial charge on any atom is -0.478 e. The van der Waals surface area contributed by atoms with Gasteiger partial charge >= 0.3 is 5.97 Å². The normalized spacial score (nSPS) is 11.1. The van der Waals surface area contributed by atoms with Gasteiger partial charge in [-0.15, -0.1) is 0 Å². The Kier molecular flexibility index (Phi) is 4.64. The van der Waals surface area contributed by atoms with Gasteiger partial charge in [-0.25, -0.2) is 13.2 Å². The molecule has 0 spiro atoms. The van der Waals surface area contributed by atoms with Crippen molar-refractivity contribution in [2.24, 2.45) is 0 Å². The zero-order valence-corrected chi connectivity index (χ0v) is 13.2. The Labute approximate surface area is 130 Å². The maximum absolute atomic E-state index is 12.1. The van der Waals surface area contributed by atoms with Crippen LogP contribution in [0.3, 0.4) is 0 Å². The Morgan fingerprint density at radius 1 is 1.14 bits per heavy atom. The third-order valence-corrected chi connectivity index (χ3v) is 4.34. The Bertz CT molecular complexity index is 760. The fourth-order valence-corrected chi connectivity index (χ4v) is 3.46. The van der Waals surface area contributed by atoms with Crippen LogP contribution in [0.2, 0.25) is 0 Å². The first-order valence-electron chi connectivity index (χ1n) is 5.94. The number of carboxylic acid groups (broad SMARTS) is 1. The van der Waals surface area contributed by atoms with Crippen molar-refractivity contribution in [1.29, 1.82) is 0 Å². The molecule has 0 saturated heterocycles. The molecule has 0 heterocycles. The van der Waals surface area contributed by atoms with Gasteiger partial charge in [0.05, 0.1) is 17.0 Å². The van der Waals surface area contributed by atoms with E-state index in [0.717, 1.165) is 0 Å². The summed E-state index contributed by atoms with van der Waals surface area (Å²) in [5.74, 6) is -1.30. The number of hydrogen-bond acceptors (Lipinski definition) is 3. The molecule has 0 aliphatic carbocycles. The van der Waals surface area contributed by atoms with Crippen LogP contribution in [0.1, 0.15) is 15.9 Å². The largest absolute Gasteiger partial charge is 0.478 e. The molecule has 2 aromatic rings. The molecule has 7 heteroatoms. The first-order valence-corrected chi connectivity index (χ1v) is 8.38. The second-order valence-electron chi connectivity index (χ2n) is 4.38. The highest BCUT2D eigenvalue weighted by atomic mass is 79.9. The Morgan fingerprint density at radius 2 is 1.81 bits per heavy atom. The molecule has 0 aliphatic heterocycles. The lowest BCUT2D eigenvalue weighted by Gasteiger charge is -2.09. The van der Waals surface area contributed by atoms with Crippen molar-refractivity contribution in [3.8, 4) is 0 Å². The van der Waals surface area contributed by atoms with Crippen LogP contribution < -0.4 is 4.72 Å². The predicted octanol–water partition coefficient (Wildman–Crippen LogP) is 3.09. The standard InChI is InChI=1S/C14H12BrNO4S/c15-12-6-11(14(17)18)7-13(8-12)16-21(19,20)9-10-4-2-1-3-5-10/h1-8,16H,9H2,(H,17,18). The van der Waals surface area contributed by atoms with Gasteiger partial charge in [0.1, 0.15) is 0 Å². The fraction of sp³-hybridized carbons (Fsp3) is 0.0714. The van der Waals surface area contributed by atoms with Crippen molar-refractivity contribution in [3.63, 3.8) is 0 Å². The summed E-state index contributed by atoms with van der Waals surface area (Å²) in [5.41, 5.74) is 0.859. The molecule has 2 aromatic carbocycles. The molecule has 110 valence electrons. The van der Waals surface area contributed by atoms with Crippen LogP contribution in [-0.4, -0.2) is 19.5 Å². The molecule has 0 radical (unpaired) electrons. The lowest BCUT2D eigenvalue weighted by molar-refractivity contribution is 0.0697. The van der Waals surface area contributed by atoms with Crippen molar-refractivity contribution >= 4 is 37.6 Å². The van der Waals surface area contributed by atoms with Crippen LogP contribution in [0, 0.1) is 0 Å². The molecule has 0 saturated carbocycles. The van der Waals surface area contributed by atoms with E-state index in [1.165, 1.54) is 18.2 Å². The number of hydrogen-bond donors (Lipinski definition) is 2. The third kappa shape index (κ3) is 4.57. The molecule has 0 bridgehead atoms. The van der Waals surface area contributed by atoms with Crippen LogP contribution in [0.4, 0.5) is 5.69 Å². The number of anilines is 1. The average molecular weight is 370 g/mol. The summed E-state index contributed by atoms with van der Waals surface area (Å²) in [6.45, 7) is 0. The molecule has 21 heavy (non-hydrogen) atoms. The zero-order valence-electron chi connectivity index (χ0n) is 10.8. The van der Waals surface area contributed by atoms with Gasteiger partial charge in [-0.05, 0) is 23.8 Å². The lowest BCUT2D eigenvalue weighted by Crippen LogP contribution is -2.15. The van der Waals surface area contributed by atoms with Crippen molar-refractivity contribution < 1.29 is 18.3 Å². The van der Waals surface area contributed by atoms with Crippen molar-refractivity contribution in [2.45, 2.75) is 5.75 Å². The molecule has 0 amide bonds. The second-order valence-corrected chi connectivity index (χ2v) is 7.02. The first kappa shape index (κ1) is 15.5. The lowest BCUT2D eigenvalue weighted by atomic mass is 10.2. The van der Waals surface area contributed by atoms with Crippen LogP contribution >= 0.6 is 15.9 Å². The SMILES string of the molecule is O=C(O)c1cc(Br)cc(NS(=O)(=O)Cc2ccccc2)c1. The monoisotopic (exact) mass is 369 g/mol. The number of carbonyl (C=O) groups is 1. The summed E-state index contributed by atoms with van der Waals surface area (Å²) >= 11 is 3.16. The van der Waals surface area contributed by atoms with E-state index < -0.39 is 16.0 Å². The summed E-state index contributed by atoms with van der Waals surface area (Å²) in [6, 6.07) is 12.9. The van der Waals surface area contributed by atoms with E-state index in [4.69, 9.17) is 5.11 Å². The summed E-state index contributed by atoms with van der Waals surface area (Å²) in [5, 5.41) is 8.97. The molecular formula is C14H12BrNO4S. The molecule has 2 N–H and O–H groups in total. The summed E-state index contributed by atoms with van der Waals surface area (Å²) in [6.07, 6.45) is 0. The van der Waals surface area contributed by atoms with E-state index in [0.29, 0.717) is 10.0 Å². The zero-order chi connectivity index (χ0) is 15.5. The molecular weight excluding hydrogens is 358 g/mol. The highest BCUT2D eigenvalue weighted by Crippen LogP contribution is 2.21. The first-order chi connectivity index (χ1) is 9.85. The Morgan fingerprint density at radius 3 is 2.43 bits per heavy atom. The molecule has 2 rings (SSSR count). The van der Waals surface area contributed by atoms with E-state index in [9.17, 15) is 13.2 Å². The van der Waals surface area contributed by atoms with Gasteiger partial charge < -0.3 is 5.11 Å². The van der Waals surface area contributed by atoms with Gasteiger partial charge in [0.25, 0.3) is 0 Å². The number of nitrogens with one attached hydrogen (secondary N) is 1. The van der Waals surface area contributed by atoms with E-state index in [-0.39, 0.29) is 17.0 Å². The Balaban J connectivity index is 2.22. The molecule has 0 unspecified atom stereocenters. The topological polar surface area (TPSA) is 83.5 Å². The van der Waals surface area contributed by atoms with Gasteiger partial charge in [0.15, 0.2) is 0 Å². The maximum atomic E-state index is 12.1. The highest BCUT2D eigenvalue weighted by molar-refractivity contribution is 9.10. The van der Waals surface area contributed by atoms with Gasteiger partial charge in [0, 0.05) is 4.47 Å². The van der Waals surface area contributed by atoms with E-state index >= 15 is 0 Å². The fourth-order valence-electron chi connectivity index (χ4n) is 1.78. The number of aromatic carboxylic acids is 1. The minimum atomic E-state index is -3.61. The quantitative estimate of drug-likeness (QED) is 0.847. The highest BCUT2D eigenvalue weighted by Gasteiger charge is 2.13. The minimum absolute atomic E-state index is 0.00165. The van der Waals surface area contributed by atoms with Crippen LogP contribution in [-0.2, 0) is 15.8 Å². The smallest absolute Gasteiger partial charge is 0.335 e.